The number of nitriles is 1. The molecule has 1 fully saturated rings. The Balaban J connectivity index is 1.67. The molecule has 2 heterocycles. The number of halogens is 2. The van der Waals surface area contributed by atoms with E-state index in [-0.39, 0.29) is 29.6 Å². The van der Waals surface area contributed by atoms with Crippen LogP contribution in [0.3, 0.4) is 0 Å². The molecule has 1 aromatic carbocycles. The smallest absolute Gasteiger partial charge is 0.242 e. The van der Waals surface area contributed by atoms with Gasteiger partial charge in [-0.25, -0.2) is 8.78 Å². The normalized spacial score (nSPS) is 14.9. The lowest BCUT2D eigenvalue weighted by Gasteiger charge is -2.34. The average molecular weight is 335 g/mol. The summed E-state index contributed by atoms with van der Waals surface area (Å²) in [4.78, 5) is 15.5. The van der Waals surface area contributed by atoms with Gasteiger partial charge in [0.15, 0.2) is 0 Å². The van der Waals surface area contributed by atoms with E-state index in [0.29, 0.717) is 18.2 Å². The summed E-state index contributed by atoms with van der Waals surface area (Å²) in [5, 5.41) is 17.1. The lowest BCUT2D eigenvalue weighted by molar-refractivity contribution is -0.131. The number of carbonyl (C=O) groups excluding carboxylic acids is 1. The van der Waals surface area contributed by atoms with Gasteiger partial charge in [-0.2, -0.15) is 5.26 Å². The molecule has 1 amide bonds. The fraction of sp³-hybridized carbons (Fsp3) is 0.286. The third-order valence-corrected chi connectivity index (χ3v) is 4.36. The summed E-state index contributed by atoms with van der Waals surface area (Å²) in [5.41, 5.74) is 0.274. The Hall–Kier alpha value is -2.60. The van der Waals surface area contributed by atoms with E-state index in [4.69, 9.17) is 5.26 Å². The van der Waals surface area contributed by atoms with Gasteiger partial charge in [0.25, 0.3) is 0 Å². The Kier molecular flexibility index (Phi) is 4.16. The van der Waals surface area contributed by atoms with Crippen LogP contribution in [-0.2, 0) is 11.3 Å². The highest BCUT2D eigenvalue weighted by Gasteiger charge is 2.26. The van der Waals surface area contributed by atoms with E-state index in [1.807, 2.05) is 6.07 Å². The van der Waals surface area contributed by atoms with Crippen LogP contribution in [0.2, 0.25) is 0 Å². The number of carbonyl (C=O) groups is 1. The van der Waals surface area contributed by atoms with E-state index in [2.05, 4.69) is 10.2 Å². The second-order valence-corrected chi connectivity index (χ2v) is 5.93. The van der Waals surface area contributed by atoms with Crippen molar-refractivity contribution in [3.8, 4) is 6.07 Å². The highest BCUT2D eigenvalue weighted by atomic mass is 32.1. The van der Waals surface area contributed by atoms with Crippen LogP contribution in [0.5, 0.6) is 0 Å². The van der Waals surface area contributed by atoms with Crippen LogP contribution in [0.1, 0.15) is 10.6 Å². The summed E-state index contributed by atoms with van der Waals surface area (Å²) >= 11 is 1.12. The Morgan fingerprint density at radius 3 is 2.78 bits per heavy atom. The maximum Gasteiger partial charge on any atom is 0.242 e. The largest absolute Gasteiger partial charge is 0.336 e. The molecule has 3 rings (SSSR count). The number of benzene rings is 1. The lowest BCUT2D eigenvalue weighted by Crippen LogP contribution is -2.50. The number of hydrogen-bond acceptors (Lipinski definition) is 6. The molecule has 9 heteroatoms. The van der Waals surface area contributed by atoms with Crippen molar-refractivity contribution < 1.29 is 13.6 Å². The highest BCUT2D eigenvalue weighted by Crippen LogP contribution is 2.22. The van der Waals surface area contributed by atoms with Crippen molar-refractivity contribution >= 4 is 22.4 Å². The molecule has 0 aliphatic carbocycles. The maximum absolute atomic E-state index is 13.7. The molecule has 2 aromatic rings. The van der Waals surface area contributed by atoms with Crippen molar-refractivity contribution in [1.82, 2.24) is 15.1 Å². The molecule has 1 saturated heterocycles. The van der Waals surface area contributed by atoms with Gasteiger partial charge in [-0.15, -0.1) is 10.2 Å². The maximum atomic E-state index is 13.7. The average Bonchev–Trinajstić information content (AvgIpc) is 3.00. The Labute approximate surface area is 134 Å². The number of nitrogens with zero attached hydrogens (tertiary/aromatic N) is 5. The van der Waals surface area contributed by atoms with E-state index in [1.54, 1.807) is 4.90 Å². The van der Waals surface area contributed by atoms with Gasteiger partial charge in [0.1, 0.15) is 17.7 Å². The molecule has 0 radical (unpaired) electrons. The summed E-state index contributed by atoms with van der Waals surface area (Å²) in [6.45, 7) is 1.08. The zero-order chi connectivity index (χ0) is 16.4. The molecule has 1 aliphatic heterocycles. The van der Waals surface area contributed by atoms with Crippen LogP contribution < -0.4 is 4.90 Å². The van der Waals surface area contributed by atoms with Crippen LogP contribution in [0.15, 0.2) is 18.2 Å². The quantitative estimate of drug-likeness (QED) is 0.851. The van der Waals surface area contributed by atoms with Crippen molar-refractivity contribution in [2.45, 2.75) is 6.54 Å². The van der Waals surface area contributed by atoms with Gasteiger partial charge in [-0.3, -0.25) is 4.79 Å². The molecule has 0 bridgehead atoms. The van der Waals surface area contributed by atoms with E-state index in [1.165, 1.54) is 17.0 Å². The summed E-state index contributed by atoms with van der Waals surface area (Å²) in [6, 6.07) is 5.22. The van der Waals surface area contributed by atoms with Crippen molar-refractivity contribution in [1.29, 1.82) is 5.26 Å². The van der Waals surface area contributed by atoms with E-state index < -0.39 is 11.6 Å². The zero-order valence-corrected chi connectivity index (χ0v) is 12.7. The van der Waals surface area contributed by atoms with Crippen molar-refractivity contribution in [2.75, 3.05) is 24.5 Å². The molecule has 6 nitrogen and oxygen atoms in total. The number of piperazine rings is 1. The standard InChI is InChI=1S/C14H11F2N5OS/c15-10-2-1-9(11(16)5-10)7-20-3-4-21(8-13(20)22)14-19-18-12(6-17)23-14/h1-2,5H,3-4,7-8H2. The fourth-order valence-corrected chi connectivity index (χ4v) is 2.95. The zero-order valence-electron chi connectivity index (χ0n) is 11.9. The fourth-order valence-electron chi connectivity index (χ4n) is 2.28. The third-order valence-electron chi connectivity index (χ3n) is 3.48. The van der Waals surface area contributed by atoms with Gasteiger partial charge in [-0.05, 0) is 6.07 Å². The predicted octanol–water partition coefficient (Wildman–Crippen LogP) is 1.54. The molecule has 1 aliphatic rings. The predicted molar refractivity (Wildman–Crippen MR) is 78.6 cm³/mol. The molecule has 118 valence electrons. The van der Waals surface area contributed by atoms with Crippen LogP contribution in [0.25, 0.3) is 0 Å². The molecule has 0 saturated carbocycles. The number of anilines is 1. The Morgan fingerprint density at radius 2 is 2.13 bits per heavy atom. The van der Waals surface area contributed by atoms with E-state index >= 15 is 0 Å². The number of hydrogen-bond donors (Lipinski definition) is 0. The van der Waals surface area contributed by atoms with Gasteiger partial charge in [0.2, 0.25) is 16.0 Å². The molecule has 0 spiro atoms. The summed E-state index contributed by atoms with van der Waals surface area (Å²) in [7, 11) is 0. The SMILES string of the molecule is N#Cc1nnc(N2CCN(Cc3ccc(F)cc3F)C(=O)C2)s1. The van der Waals surface area contributed by atoms with Crippen LogP contribution in [-0.4, -0.2) is 40.6 Å². The van der Waals surface area contributed by atoms with Crippen molar-refractivity contribution in [2.24, 2.45) is 0 Å². The van der Waals surface area contributed by atoms with E-state index in [9.17, 15) is 13.6 Å². The molecular formula is C14H11F2N5OS. The second-order valence-electron chi connectivity index (χ2n) is 4.97. The first-order valence-electron chi connectivity index (χ1n) is 6.77. The topological polar surface area (TPSA) is 73.1 Å². The molecular weight excluding hydrogens is 324 g/mol. The molecule has 1 aromatic heterocycles. The van der Waals surface area contributed by atoms with Gasteiger partial charge in [0, 0.05) is 31.3 Å². The third kappa shape index (κ3) is 3.27. The van der Waals surface area contributed by atoms with Gasteiger partial charge in [-0.1, -0.05) is 17.4 Å². The minimum absolute atomic E-state index is 0.0862. The molecule has 0 unspecified atom stereocenters. The minimum atomic E-state index is -0.664. The van der Waals surface area contributed by atoms with Crippen LogP contribution >= 0.6 is 11.3 Å². The Bertz CT molecular complexity index is 788. The summed E-state index contributed by atoms with van der Waals surface area (Å²) in [6.07, 6.45) is 0. The summed E-state index contributed by atoms with van der Waals surface area (Å²) in [5.74, 6) is -1.50. The summed E-state index contributed by atoms with van der Waals surface area (Å²) < 4.78 is 26.6. The van der Waals surface area contributed by atoms with Gasteiger partial charge in [0.05, 0.1) is 6.54 Å². The number of rotatable bonds is 3. The van der Waals surface area contributed by atoms with Crippen molar-refractivity contribution in [3.05, 3.63) is 40.4 Å². The minimum Gasteiger partial charge on any atom is -0.336 e. The lowest BCUT2D eigenvalue weighted by atomic mass is 10.1. The number of aromatic nitrogens is 2. The first-order chi connectivity index (χ1) is 11.1. The monoisotopic (exact) mass is 335 g/mol. The molecule has 23 heavy (non-hydrogen) atoms. The van der Waals surface area contributed by atoms with Crippen molar-refractivity contribution in [3.63, 3.8) is 0 Å². The Morgan fingerprint density at radius 1 is 1.30 bits per heavy atom. The van der Waals surface area contributed by atoms with Gasteiger partial charge >= 0.3 is 0 Å². The van der Waals surface area contributed by atoms with Crippen LogP contribution in [0.4, 0.5) is 13.9 Å². The van der Waals surface area contributed by atoms with E-state index in [0.717, 1.165) is 17.4 Å². The molecule has 0 N–H and O–H groups in total. The first kappa shape index (κ1) is 15.3. The van der Waals surface area contributed by atoms with Gasteiger partial charge < -0.3 is 9.80 Å². The second kappa shape index (κ2) is 6.26. The highest BCUT2D eigenvalue weighted by molar-refractivity contribution is 7.15. The van der Waals surface area contributed by atoms with Crippen LogP contribution in [0, 0.1) is 23.0 Å². The first-order valence-corrected chi connectivity index (χ1v) is 7.58. The number of amides is 1. The molecule has 0 atom stereocenters.